The molecule has 1 atom stereocenters. The number of hydrogen-bond acceptors (Lipinski definition) is 2. The zero-order valence-corrected chi connectivity index (χ0v) is 9.15. The zero-order chi connectivity index (χ0) is 10.6. The smallest absolute Gasteiger partial charge is 0.250 e. The van der Waals surface area contributed by atoms with E-state index >= 15 is 0 Å². The Hall–Kier alpha value is -0.480. The Labute approximate surface area is 87.1 Å². The first kappa shape index (κ1) is 11.6. The van der Waals surface area contributed by atoms with Crippen molar-refractivity contribution >= 4 is 11.3 Å². The Bertz CT molecular complexity index is 247. The zero-order valence-electron chi connectivity index (χ0n) is 8.34. The van der Waals surface area contributed by atoms with Crippen molar-refractivity contribution in [3.63, 3.8) is 0 Å². The summed E-state index contributed by atoms with van der Waals surface area (Å²) in [5, 5.41) is 4.85. The summed E-state index contributed by atoms with van der Waals surface area (Å²) in [7, 11) is 0. The van der Waals surface area contributed by atoms with Gasteiger partial charge in [0.2, 0.25) is 0 Å². The van der Waals surface area contributed by atoms with E-state index in [1.165, 1.54) is 0 Å². The van der Waals surface area contributed by atoms with Gasteiger partial charge in [0.25, 0.3) is 6.43 Å². The molecule has 0 spiro atoms. The van der Waals surface area contributed by atoms with E-state index in [1.807, 2.05) is 31.4 Å². The number of alkyl halides is 2. The van der Waals surface area contributed by atoms with Gasteiger partial charge in [-0.2, -0.15) is 0 Å². The summed E-state index contributed by atoms with van der Waals surface area (Å²) in [4.78, 5) is 1.13. The van der Waals surface area contributed by atoms with Crippen LogP contribution in [0.5, 0.6) is 0 Å². The first-order valence-corrected chi connectivity index (χ1v) is 5.54. The van der Waals surface area contributed by atoms with Gasteiger partial charge in [0.1, 0.15) is 0 Å². The van der Waals surface area contributed by atoms with E-state index < -0.39 is 6.43 Å². The third kappa shape index (κ3) is 3.35. The van der Waals surface area contributed by atoms with Gasteiger partial charge in [0.15, 0.2) is 0 Å². The maximum Gasteiger partial charge on any atom is 0.250 e. The highest BCUT2D eigenvalue weighted by Crippen LogP contribution is 2.25. The summed E-state index contributed by atoms with van der Waals surface area (Å²) in [5.41, 5.74) is 0. The molecule has 1 rings (SSSR count). The predicted molar refractivity (Wildman–Crippen MR) is 55.9 cm³/mol. The molecule has 1 unspecified atom stereocenters. The SMILES string of the molecule is CC(C)C(NCC(F)F)c1cccs1. The van der Waals surface area contributed by atoms with Gasteiger partial charge >= 0.3 is 0 Å². The highest BCUT2D eigenvalue weighted by Gasteiger charge is 2.17. The minimum absolute atomic E-state index is 0.0454. The highest BCUT2D eigenvalue weighted by atomic mass is 32.1. The Morgan fingerprint density at radius 2 is 2.14 bits per heavy atom. The molecule has 1 N–H and O–H groups in total. The summed E-state index contributed by atoms with van der Waals surface area (Å²) in [5.74, 6) is 0.326. The van der Waals surface area contributed by atoms with Gasteiger partial charge in [0.05, 0.1) is 6.54 Å². The molecule has 80 valence electrons. The third-order valence-corrected chi connectivity index (χ3v) is 2.96. The van der Waals surface area contributed by atoms with Gasteiger partial charge in [-0.15, -0.1) is 11.3 Å². The highest BCUT2D eigenvalue weighted by molar-refractivity contribution is 7.10. The van der Waals surface area contributed by atoms with Crippen LogP contribution in [0.4, 0.5) is 8.78 Å². The van der Waals surface area contributed by atoms with Crippen LogP contribution in [-0.2, 0) is 0 Å². The Morgan fingerprint density at radius 3 is 2.57 bits per heavy atom. The Morgan fingerprint density at radius 1 is 1.43 bits per heavy atom. The largest absolute Gasteiger partial charge is 0.304 e. The predicted octanol–water partition coefficient (Wildman–Crippen LogP) is 3.30. The van der Waals surface area contributed by atoms with E-state index in [1.54, 1.807) is 11.3 Å². The van der Waals surface area contributed by atoms with Crippen LogP contribution >= 0.6 is 11.3 Å². The molecule has 0 aliphatic carbocycles. The van der Waals surface area contributed by atoms with Crippen molar-refractivity contribution in [2.24, 2.45) is 5.92 Å². The number of hydrogen-bond donors (Lipinski definition) is 1. The van der Waals surface area contributed by atoms with Crippen LogP contribution in [0, 0.1) is 5.92 Å². The van der Waals surface area contributed by atoms with Crippen LogP contribution in [0.1, 0.15) is 24.8 Å². The summed E-state index contributed by atoms with van der Waals surface area (Å²) in [6, 6.07) is 3.97. The Kier molecular flexibility index (Phi) is 4.48. The van der Waals surface area contributed by atoms with E-state index in [4.69, 9.17) is 0 Å². The molecule has 1 aromatic heterocycles. The third-order valence-electron chi connectivity index (χ3n) is 2.01. The van der Waals surface area contributed by atoms with E-state index in [2.05, 4.69) is 5.32 Å². The normalized spacial score (nSPS) is 13.9. The molecule has 4 heteroatoms. The van der Waals surface area contributed by atoms with Crippen LogP contribution < -0.4 is 5.32 Å². The van der Waals surface area contributed by atoms with E-state index in [-0.39, 0.29) is 12.6 Å². The molecule has 0 saturated carbocycles. The second-order valence-electron chi connectivity index (χ2n) is 3.54. The molecular weight excluding hydrogens is 204 g/mol. The van der Waals surface area contributed by atoms with Gasteiger partial charge < -0.3 is 5.32 Å². The minimum atomic E-state index is -2.28. The lowest BCUT2D eigenvalue weighted by molar-refractivity contribution is 0.138. The van der Waals surface area contributed by atoms with Crippen LogP contribution in [0.3, 0.4) is 0 Å². The number of halogens is 2. The molecule has 0 aromatic carbocycles. The van der Waals surface area contributed by atoms with Crippen LogP contribution in [0.2, 0.25) is 0 Å². The van der Waals surface area contributed by atoms with Crippen molar-refractivity contribution in [3.05, 3.63) is 22.4 Å². The maximum atomic E-state index is 12.0. The average Bonchev–Trinajstić information content (AvgIpc) is 2.56. The summed E-state index contributed by atoms with van der Waals surface area (Å²) < 4.78 is 24.1. The monoisotopic (exact) mass is 219 g/mol. The molecule has 1 aromatic rings. The molecule has 0 aliphatic heterocycles. The van der Waals surface area contributed by atoms with Crippen molar-refractivity contribution in [2.75, 3.05) is 6.54 Å². The average molecular weight is 219 g/mol. The molecule has 0 saturated heterocycles. The summed E-state index contributed by atoms with van der Waals surface area (Å²) >= 11 is 1.60. The molecule has 0 aliphatic rings. The van der Waals surface area contributed by atoms with E-state index in [9.17, 15) is 8.78 Å². The quantitative estimate of drug-likeness (QED) is 0.801. The number of thiophene rings is 1. The lowest BCUT2D eigenvalue weighted by Crippen LogP contribution is -2.29. The van der Waals surface area contributed by atoms with E-state index in [0.29, 0.717) is 5.92 Å². The molecule has 0 radical (unpaired) electrons. The van der Waals surface area contributed by atoms with Crippen LogP contribution in [-0.4, -0.2) is 13.0 Å². The van der Waals surface area contributed by atoms with Gasteiger partial charge in [-0.1, -0.05) is 19.9 Å². The van der Waals surface area contributed by atoms with E-state index in [0.717, 1.165) is 4.88 Å². The molecular formula is C10H15F2NS. The second-order valence-corrected chi connectivity index (χ2v) is 4.52. The van der Waals surface area contributed by atoms with Crippen molar-refractivity contribution in [2.45, 2.75) is 26.3 Å². The van der Waals surface area contributed by atoms with Crippen LogP contribution in [0.15, 0.2) is 17.5 Å². The van der Waals surface area contributed by atoms with Gasteiger partial charge in [-0.25, -0.2) is 8.78 Å². The first-order valence-electron chi connectivity index (χ1n) is 4.66. The maximum absolute atomic E-state index is 12.0. The molecule has 0 bridgehead atoms. The fourth-order valence-corrected chi connectivity index (χ4v) is 2.32. The standard InChI is InChI=1S/C10H15F2NS/c1-7(2)10(13-6-9(11)12)8-4-3-5-14-8/h3-5,7,9-10,13H,6H2,1-2H3. The van der Waals surface area contributed by atoms with Gasteiger partial charge in [-0.05, 0) is 17.4 Å². The molecule has 0 fully saturated rings. The number of nitrogens with one attached hydrogen (secondary N) is 1. The van der Waals surface area contributed by atoms with Gasteiger partial charge in [0, 0.05) is 10.9 Å². The lowest BCUT2D eigenvalue weighted by atomic mass is 10.0. The summed E-state index contributed by atoms with van der Waals surface area (Å²) in [6.45, 7) is 3.83. The van der Waals surface area contributed by atoms with Crippen LogP contribution in [0.25, 0.3) is 0 Å². The second kappa shape index (κ2) is 5.41. The summed E-state index contributed by atoms with van der Waals surface area (Å²) in [6.07, 6.45) is -2.28. The topological polar surface area (TPSA) is 12.0 Å². The molecule has 14 heavy (non-hydrogen) atoms. The van der Waals surface area contributed by atoms with Crippen molar-refractivity contribution in [3.8, 4) is 0 Å². The lowest BCUT2D eigenvalue weighted by Gasteiger charge is -2.20. The van der Waals surface area contributed by atoms with Crippen molar-refractivity contribution in [1.29, 1.82) is 0 Å². The minimum Gasteiger partial charge on any atom is -0.304 e. The Balaban J connectivity index is 2.57. The fraction of sp³-hybridized carbons (Fsp3) is 0.600. The molecule has 1 nitrogen and oxygen atoms in total. The van der Waals surface area contributed by atoms with Gasteiger partial charge in [-0.3, -0.25) is 0 Å². The van der Waals surface area contributed by atoms with Crippen molar-refractivity contribution in [1.82, 2.24) is 5.32 Å². The number of rotatable bonds is 5. The van der Waals surface area contributed by atoms with Crippen molar-refractivity contribution < 1.29 is 8.78 Å². The molecule has 0 amide bonds. The first-order chi connectivity index (χ1) is 6.61. The molecule has 1 heterocycles. The fourth-order valence-electron chi connectivity index (χ4n) is 1.35.